The van der Waals surface area contributed by atoms with E-state index >= 15 is 0 Å². The third kappa shape index (κ3) is 7.29. The van der Waals surface area contributed by atoms with Crippen molar-refractivity contribution in [3.8, 4) is 0 Å². The number of anilines is 1. The summed E-state index contributed by atoms with van der Waals surface area (Å²) in [4.78, 5) is 40.5. The summed E-state index contributed by atoms with van der Waals surface area (Å²) in [6, 6.07) is 14.0. The van der Waals surface area contributed by atoms with Gasteiger partial charge in [0.25, 0.3) is 5.91 Å². The monoisotopic (exact) mass is 494 g/mol. The Balaban J connectivity index is 1.72. The molecule has 9 heteroatoms. The van der Waals surface area contributed by atoms with Crippen molar-refractivity contribution in [2.45, 2.75) is 33.5 Å². The standard InChI is InChI=1S/C27H38N6O3/c1-5-28-12-13-29-26(35)18-32(25-11-10-22(21(2)14-25)15-30(3)20-34)19-27(36)31(4)33-16-23-8-6-7-9-24(23)17-33/h6-11,14,20,28H,5,12-13,15-19H2,1-4H3,(H,29,35). The molecule has 1 aliphatic heterocycles. The third-order valence-electron chi connectivity index (χ3n) is 6.43. The van der Waals surface area contributed by atoms with Crippen molar-refractivity contribution in [3.05, 3.63) is 64.7 Å². The summed E-state index contributed by atoms with van der Waals surface area (Å²) < 4.78 is 0. The molecular weight excluding hydrogens is 456 g/mol. The second-order valence-electron chi connectivity index (χ2n) is 9.20. The van der Waals surface area contributed by atoms with Gasteiger partial charge >= 0.3 is 0 Å². The van der Waals surface area contributed by atoms with Gasteiger partial charge in [-0.25, -0.2) is 5.01 Å². The molecule has 0 unspecified atom stereocenters. The van der Waals surface area contributed by atoms with Gasteiger partial charge in [-0.3, -0.25) is 19.4 Å². The van der Waals surface area contributed by atoms with Gasteiger partial charge in [-0.05, 0) is 47.9 Å². The van der Waals surface area contributed by atoms with E-state index < -0.39 is 0 Å². The molecule has 0 bridgehead atoms. The highest BCUT2D eigenvalue weighted by atomic mass is 16.2. The van der Waals surface area contributed by atoms with E-state index in [1.165, 1.54) is 11.1 Å². The zero-order valence-electron chi connectivity index (χ0n) is 21.8. The van der Waals surface area contributed by atoms with Crippen molar-refractivity contribution in [1.29, 1.82) is 0 Å². The Morgan fingerprint density at radius 2 is 1.72 bits per heavy atom. The van der Waals surface area contributed by atoms with E-state index in [0.717, 1.165) is 29.8 Å². The number of hydrazine groups is 1. The fraction of sp³-hybridized carbons (Fsp3) is 0.444. The van der Waals surface area contributed by atoms with Gasteiger partial charge in [0.15, 0.2) is 0 Å². The minimum atomic E-state index is -0.139. The highest BCUT2D eigenvalue weighted by Crippen LogP contribution is 2.24. The van der Waals surface area contributed by atoms with Crippen LogP contribution in [0.2, 0.25) is 0 Å². The molecule has 9 nitrogen and oxygen atoms in total. The second kappa shape index (κ2) is 13.0. The van der Waals surface area contributed by atoms with Gasteiger partial charge in [-0.15, -0.1) is 0 Å². The second-order valence-corrected chi connectivity index (χ2v) is 9.20. The zero-order valence-corrected chi connectivity index (χ0v) is 21.8. The van der Waals surface area contributed by atoms with Crippen LogP contribution in [0.3, 0.4) is 0 Å². The van der Waals surface area contributed by atoms with Gasteiger partial charge in [-0.1, -0.05) is 37.3 Å². The molecule has 0 saturated heterocycles. The lowest BCUT2D eigenvalue weighted by Gasteiger charge is -2.31. The first-order chi connectivity index (χ1) is 17.3. The average molecular weight is 495 g/mol. The largest absolute Gasteiger partial charge is 0.353 e. The van der Waals surface area contributed by atoms with Crippen molar-refractivity contribution in [2.24, 2.45) is 0 Å². The first-order valence-corrected chi connectivity index (χ1v) is 12.4. The van der Waals surface area contributed by atoms with Crippen LogP contribution in [0, 0.1) is 6.92 Å². The van der Waals surface area contributed by atoms with Gasteiger partial charge in [0.1, 0.15) is 0 Å². The number of nitrogens with zero attached hydrogens (tertiary/aromatic N) is 4. The number of hydrogen-bond donors (Lipinski definition) is 2. The molecule has 2 aromatic rings. The summed E-state index contributed by atoms with van der Waals surface area (Å²) in [7, 11) is 3.52. The Morgan fingerprint density at radius 3 is 2.33 bits per heavy atom. The van der Waals surface area contributed by atoms with Crippen LogP contribution in [0.25, 0.3) is 0 Å². The molecule has 0 saturated carbocycles. The molecule has 0 fully saturated rings. The quantitative estimate of drug-likeness (QED) is 0.324. The molecule has 194 valence electrons. The Kier molecular flexibility index (Phi) is 9.84. The van der Waals surface area contributed by atoms with Crippen molar-refractivity contribution in [1.82, 2.24) is 25.6 Å². The van der Waals surface area contributed by atoms with Gasteiger partial charge in [-0.2, -0.15) is 0 Å². The van der Waals surface area contributed by atoms with E-state index in [1.54, 1.807) is 24.0 Å². The SMILES string of the molecule is CCNCCNC(=O)CN(CC(=O)N(C)N1Cc2ccccc2C1)c1ccc(CN(C)C=O)c(C)c1. The van der Waals surface area contributed by atoms with Crippen LogP contribution in [-0.4, -0.2) is 80.0 Å². The molecule has 0 spiro atoms. The zero-order chi connectivity index (χ0) is 26.1. The predicted octanol–water partition coefficient (Wildman–Crippen LogP) is 1.50. The van der Waals surface area contributed by atoms with Crippen LogP contribution in [0.5, 0.6) is 0 Å². The third-order valence-corrected chi connectivity index (χ3v) is 6.43. The van der Waals surface area contributed by atoms with E-state index in [-0.39, 0.29) is 24.9 Å². The van der Waals surface area contributed by atoms with Crippen LogP contribution >= 0.6 is 0 Å². The molecule has 3 rings (SSSR count). The van der Waals surface area contributed by atoms with Crippen molar-refractivity contribution >= 4 is 23.9 Å². The number of fused-ring (bicyclic) bond motifs is 1. The number of likely N-dealkylation sites (N-methyl/N-ethyl adjacent to an activating group) is 2. The summed E-state index contributed by atoms with van der Waals surface area (Å²) in [6.45, 7) is 8.05. The van der Waals surface area contributed by atoms with Gasteiger partial charge in [0, 0.05) is 52.5 Å². The minimum Gasteiger partial charge on any atom is -0.353 e. The first kappa shape index (κ1) is 27.2. The Morgan fingerprint density at radius 1 is 1.03 bits per heavy atom. The summed E-state index contributed by atoms with van der Waals surface area (Å²) in [5.41, 5.74) is 5.25. The van der Waals surface area contributed by atoms with E-state index in [2.05, 4.69) is 22.8 Å². The van der Waals surface area contributed by atoms with Crippen LogP contribution in [0.15, 0.2) is 42.5 Å². The predicted molar refractivity (Wildman–Crippen MR) is 141 cm³/mol. The Labute approximate surface area is 214 Å². The van der Waals surface area contributed by atoms with E-state index in [9.17, 15) is 14.4 Å². The first-order valence-electron chi connectivity index (χ1n) is 12.4. The van der Waals surface area contributed by atoms with Crippen molar-refractivity contribution in [2.75, 3.05) is 51.7 Å². The highest BCUT2D eigenvalue weighted by molar-refractivity contribution is 5.86. The molecule has 2 aromatic carbocycles. The van der Waals surface area contributed by atoms with E-state index in [0.29, 0.717) is 32.7 Å². The van der Waals surface area contributed by atoms with Gasteiger partial charge < -0.3 is 20.4 Å². The van der Waals surface area contributed by atoms with E-state index in [1.807, 2.05) is 54.1 Å². The number of benzene rings is 2. The molecule has 2 N–H and O–H groups in total. The number of carbonyl (C=O) groups is 3. The highest BCUT2D eigenvalue weighted by Gasteiger charge is 2.26. The lowest BCUT2D eigenvalue weighted by Crippen LogP contribution is -2.48. The number of aryl methyl sites for hydroxylation is 1. The molecule has 0 aliphatic carbocycles. The topological polar surface area (TPSA) is 88.2 Å². The molecular formula is C27H38N6O3. The average Bonchev–Trinajstić information content (AvgIpc) is 3.31. The van der Waals surface area contributed by atoms with Gasteiger partial charge in [0.05, 0.1) is 13.1 Å². The number of rotatable bonds is 13. The van der Waals surface area contributed by atoms with Crippen molar-refractivity contribution in [3.63, 3.8) is 0 Å². The molecule has 0 aromatic heterocycles. The van der Waals surface area contributed by atoms with Crippen LogP contribution in [0.1, 0.15) is 29.2 Å². The lowest BCUT2D eigenvalue weighted by molar-refractivity contribution is -0.145. The lowest BCUT2D eigenvalue weighted by atomic mass is 10.1. The smallest absolute Gasteiger partial charge is 0.256 e. The molecule has 1 heterocycles. The number of hydrogen-bond acceptors (Lipinski definition) is 6. The van der Waals surface area contributed by atoms with Gasteiger partial charge in [0.2, 0.25) is 12.3 Å². The molecule has 1 aliphatic rings. The fourth-order valence-electron chi connectivity index (χ4n) is 4.25. The van der Waals surface area contributed by atoms with E-state index in [4.69, 9.17) is 0 Å². The normalized spacial score (nSPS) is 12.7. The molecule has 36 heavy (non-hydrogen) atoms. The van der Waals surface area contributed by atoms with Crippen LogP contribution < -0.4 is 15.5 Å². The van der Waals surface area contributed by atoms with Crippen LogP contribution in [0.4, 0.5) is 5.69 Å². The maximum atomic E-state index is 13.3. The summed E-state index contributed by atoms with van der Waals surface area (Å²) in [5, 5.41) is 9.79. The fourth-order valence-corrected chi connectivity index (χ4v) is 4.25. The number of nitrogens with one attached hydrogen (secondary N) is 2. The molecule has 0 radical (unpaired) electrons. The Hall–Kier alpha value is -3.43. The van der Waals surface area contributed by atoms with Crippen molar-refractivity contribution < 1.29 is 14.4 Å². The summed E-state index contributed by atoms with van der Waals surface area (Å²) in [5.74, 6) is -0.231. The summed E-state index contributed by atoms with van der Waals surface area (Å²) in [6.07, 6.45) is 0.794. The molecule has 3 amide bonds. The number of carbonyl (C=O) groups excluding carboxylic acids is 3. The Bertz CT molecular complexity index is 1030. The maximum Gasteiger partial charge on any atom is 0.256 e. The molecule has 0 atom stereocenters. The minimum absolute atomic E-state index is 0.0665. The van der Waals surface area contributed by atoms with Crippen LogP contribution in [-0.2, 0) is 34.0 Å². The number of amides is 3. The maximum absolute atomic E-state index is 13.3. The summed E-state index contributed by atoms with van der Waals surface area (Å²) >= 11 is 0.